The number of carbonyl (C=O) groups excluding carboxylic acids is 2. The SMILES string of the molecule is O=CC(CCC(=O)Nc1ccc(Cl)nn1)(c1cccs1)N1CCCCC1. The second-order valence-corrected chi connectivity index (χ2v) is 7.69. The highest BCUT2D eigenvalue weighted by molar-refractivity contribution is 7.10. The summed E-state index contributed by atoms with van der Waals surface area (Å²) >= 11 is 7.27. The zero-order valence-corrected chi connectivity index (χ0v) is 15.9. The van der Waals surface area contributed by atoms with Crippen molar-refractivity contribution in [1.29, 1.82) is 0 Å². The largest absolute Gasteiger partial charge is 0.309 e. The number of aromatic nitrogens is 2. The van der Waals surface area contributed by atoms with E-state index in [-0.39, 0.29) is 17.5 Å². The summed E-state index contributed by atoms with van der Waals surface area (Å²) in [6, 6.07) is 7.10. The van der Waals surface area contributed by atoms with Gasteiger partial charge in [-0.05, 0) is 55.9 Å². The molecule has 6 nitrogen and oxygen atoms in total. The summed E-state index contributed by atoms with van der Waals surface area (Å²) in [7, 11) is 0. The van der Waals surface area contributed by atoms with E-state index in [1.54, 1.807) is 23.5 Å². The number of aldehydes is 1. The number of anilines is 1. The molecule has 0 aromatic carbocycles. The number of halogens is 1. The molecular weight excluding hydrogens is 372 g/mol. The van der Waals surface area contributed by atoms with Crippen LogP contribution in [0.15, 0.2) is 29.6 Å². The standard InChI is InChI=1S/C18H21ClN4O2S/c19-15-6-7-16(22-21-15)20-17(25)8-9-18(13-24,14-5-4-12-26-14)23-10-2-1-3-11-23/h4-7,12-13H,1-3,8-11H2,(H,20,22,25). The van der Waals surface area contributed by atoms with Gasteiger partial charge in [-0.3, -0.25) is 9.69 Å². The summed E-state index contributed by atoms with van der Waals surface area (Å²) < 4.78 is 0. The number of nitrogens with zero attached hydrogens (tertiary/aromatic N) is 3. The van der Waals surface area contributed by atoms with E-state index >= 15 is 0 Å². The molecule has 1 unspecified atom stereocenters. The van der Waals surface area contributed by atoms with Gasteiger partial charge in [0.1, 0.15) is 11.8 Å². The minimum Gasteiger partial charge on any atom is -0.309 e. The van der Waals surface area contributed by atoms with Crippen molar-refractivity contribution in [3.8, 4) is 0 Å². The number of likely N-dealkylation sites (tertiary alicyclic amines) is 1. The molecule has 0 saturated carbocycles. The second kappa shape index (κ2) is 8.70. The summed E-state index contributed by atoms with van der Waals surface area (Å²) in [4.78, 5) is 27.8. The fraction of sp³-hybridized carbons (Fsp3) is 0.444. The lowest BCUT2D eigenvalue weighted by molar-refractivity contribution is -0.122. The van der Waals surface area contributed by atoms with Gasteiger partial charge < -0.3 is 10.1 Å². The molecule has 1 N–H and O–H groups in total. The highest BCUT2D eigenvalue weighted by atomic mass is 35.5. The molecule has 0 aliphatic carbocycles. The van der Waals surface area contributed by atoms with Gasteiger partial charge in [-0.2, -0.15) is 0 Å². The predicted octanol–water partition coefficient (Wildman–Crippen LogP) is 3.49. The molecule has 0 bridgehead atoms. The Bertz CT molecular complexity index is 732. The molecule has 1 aliphatic heterocycles. The van der Waals surface area contributed by atoms with E-state index in [2.05, 4.69) is 20.4 Å². The van der Waals surface area contributed by atoms with Crippen LogP contribution in [-0.2, 0) is 15.1 Å². The van der Waals surface area contributed by atoms with E-state index in [9.17, 15) is 9.59 Å². The number of hydrogen-bond donors (Lipinski definition) is 1. The zero-order chi connectivity index (χ0) is 18.4. The molecule has 1 fully saturated rings. The lowest BCUT2D eigenvalue weighted by atomic mass is 9.88. The quantitative estimate of drug-likeness (QED) is 0.730. The van der Waals surface area contributed by atoms with Gasteiger partial charge >= 0.3 is 0 Å². The first-order valence-electron chi connectivity index (χ1n) is 8.68. The summed E-state index contributed by atoms with van der Waals surface area (Å²) in [5.41, 5.74) is -0.738. The Labute approximate surface area is 161 Å². The Morgan fingerprint density at radius 3 is 2.69 bits per heavy atom. The number of carbonyl (C=O) groups is 2. The third-order valence-electron chi connectivity index (χ3n) is 4.70. The van der Waals surface area contributed by atoms with Crippen molar-refractivity contribution in [3.63, 3.8) is 0 Å². The molecule has 138 valence electrons. The van der Waals surface area contributed by atoms with Crippen LogP contribution in [-0.4, -0.2) is 40.4 Å². The fourth-order valence-corrected chi connectivity index (χ4v) is 4.38. The Morgan fingerprint density at radius 2 is 2.08 bits per heavy atom. The lowest BCUT2D eigenvalue weighted by Crippen LogP contribution is -2.49. The van der Waals surface area contributed by atoms with Crippen LogP contribution in [0.1, 0.15) is 37.0 Å². The van der Waals surface area contributed by atoms with Gasteiger partial charge in [0.2, 0.25) is 5.91 Å². The molecule has 1 amide bonds. The minimum absolute atomic E-state index is 0.193. The maximum atomic E-state index is 12.4. The number of rotatable bonds is 7. The summed E-state index contributed by atoms with van der Waals surface area (Å²) in [6.07, 6.45) is 5.01. The average molecular weight is 393 g/mol. The summed E-state index contributed by atoms with van der Waals surface area (Å²) in [5, 5.41) is 12.5. The van der Waals surface area contributed by atoms with Crippen LogP contribution in [0.25, 0.3) is 0 Å². The fourth-order valence-electron chi connectivity index (χ4n) is 3.34. The van der Waals surface area contributed by atoms with Crippen molar-refractivity contribution < 1.29 is 9.59 Å². The van der Waals surface area contributed by atoms with Crippen LogP contribution in [0.5, 0.6) is 0 Å². The van der Waals surface area contributed by atoms with Crippen LogP contribution in [0.4, 0.5) is 5.82 Å². The van der Waals surface area contributed by atoms with Gasteiger partial charge in [-0.1, -0.05) is 24.1 Å². The maximum absolute atomic E-state index is 12.4. The van der Waals surface area contributed by atoms with Crippen LogP contribution in [0.2, 0.25) is 5.15 Å². The highest BCUT2D eigenvalue weighted by Crippen LogP contribution is 2.36. The van der Waals surface area contributed by atoms with E-state index in [4.69, 9.17) is 11.6 Å². The normalized spacial score (nSPS) is 17.4. The van der Waals surface area contributed by atoms with E-state index in [1.165, 1.54) is 6.42 Å². The molecule has 8 heteroatoms. The van der Waals surface area contributed by atoms with Crippen LogP contribution in [0.3, 0.4) is 0 Å². The van der Waals surface area contributed by atoms with Crippen molar-refractivity contribution in [1.82, 2.24) is 15.1 Å². The maximum Gasteiger partial charge on any atom is 0.225 e. The average Bonchev–Trinajstić information content (AvgIpc) is 3.21. The van der Waals surface area contributed by atoms with Crippen molar-refractivity contribution in [2.24, 2.45) is 0 Å². The molecule has 0 radical (unpaired) electrons. The van der Waals surface area contributed by atoms with Crippen molar-refractivity contribution >= 4 is 40.9 Å². The van der Waals surface area contributed by atoms with Crippen molar-refractivity contribution in [2.45, 2.75) is 37.6 Å². The van der Waals surface area contributed by atoms with Crippen LogP contribution in [0, 0.1) is 0 Å². The summed E-state index contributed by atoms with van der Waals surface area (Å²) in [6.45, 7) is 1.75. The zero-order valence-electron chi connectivity index (χ0n) is 14.4. The number of nitrogens with one attached hydrogen (secondary N) is 1. The Morgan fingerprint density at radius 1 is 1.27 bits per heavy atom. The second-order valence-electron chi connectivity index (χ2n) is 6.36. The van der Waals surface area contributed by atoms with Crippen LogP contribution < -0.4 is 5.32 Å². The molecule has 26 heavy (non-hydrogen) atoms. The van der Waals surface area contributed by atoms with Gasteiger partial charge in [-0.15, -0.1) is 21.5 Å². The molecule has 3 heterocycles. The first-order valence-corrected chi connectivity index (χ1v) is 9.94. The molecule has 3 rings (SSSR count). The van der Waals surface area contributed by atoms with E-state index in [0.29, 0.717) is 12.2 Å². The van der Waals surface area contributed by atoms with Crippen LogP contribution >= 0.6 is 22.9 Å². The Balaban J connectivity index is 1.72. The number of piperidine rings is 1. The van der Waals surface area contributed by atoms with Gasteiger partial charge in [0, 0.05) is 11.3 Å². The highest BCUT2D eigenvalue weighted by Gasteiger charge is 2.40. The van der Waals surface area contributed by atoms with Gasteiger partial charge in [0.05, 0.1) is 0 Å². The van der Waals surface area contributed by atoms with Crippen molar-refractivity contribution in [2.75, 3.05) is 18.4 Å². The Hall–Kier alpha value is -1.83. The van der Waals surface area contributed by atoms with Gasteiger partial charge in [0.25, 0.3) is 0 Å². The molecule has 0 spiro atoms. The minimum atomic E-state index is -0.738. The summed E-state index contributed by atoms with van der Waals surface area (Å²) in [5.74, 6) is 0.159. The molecular formula is C18H21ClN4O2S. The van der Waals surface area contributed by atoms with E-state index in [0.717, 1.165) is 37.1 Å². The lowest BCUT2D eigenvalue weighted by Gasteiger charge is -2.41. The monoisotopic (exact) mass is 392 g/mol. The smallest absolute Gasteiger partial charge is 0.225 e. The third kappa shape index (κ3) is 4.28. The first-order chi connectivity index (χ1) is 12.6. The third-order valence-corrected chi connectivity index (χ3v) is 5.93. The van der Waals surface area contributed by atoms with Gasteiger partial charge in [-0.25, -0.2) is 0 Å². The number of hydrogen-bond acceptors (Lipinski definition) is 6. The van der Waals surface area contributed by atoms with E-state index in [1.807, 2.05) is 17.5 Å². The topological polar surface area (TPSA) is 75.2 Å². The predicted molar refractivity (Wildman–Crippen MR) is 102 cm³/mol. The first kappa shape index (κ1) is 18.9. The van der Waals surface area contributed by atoms with E-state index < -0.39 is 5.54 Å². The number of amides is 1. The molecule has 1 saturated heterocycles. The molecule has 2 aromatic rings. The van der Waals surface area contributed by atoms with Crippen molar-refractivity contribution in [3.05, 3.63) is 39.7 Å². The number of thiophene rings is 1. The van der Waals surface area contributed by atoms with Gasteiger partial charge in [0.15, 0.2) is 11.0 Å². The molecule has 1 aliphatic rings. The molecule has 1 atom stereocenters. The molecule has 2 aromatic heterocycles. The Kier molecular flexibility index (Phi) is 6.34.